The number of aromatic nitrogens is 1. The Morgan fingerprint density at radius 1 is 1.03 bits per heavy atom. The van der Waals surface area contributed by atoms with Gasteiger partial charge in [-0.1, -0.05) is 6.07 Å². The maximum Gasteiger partial charge on any atom is 0.226 e. The molecule has 0 fully saturated rings. The number of thiophene rings is 1. The third kappa shape index (κ3) is 5.84. The fraction of sp³-hybridized carbons (Fsp3) is 0.273. The van der Waals surface area contributed by atoms with E-state index in [2.05, 4.69) is 10.3 Å². The maximum atomic E-state index is 12.2. The molecule has 1 aromatic carbocycles. The molecule has 0 spiro atoms. The molecule has 0 bridgehead atoms. The third-order valence-corrected chi connectivity index (χ3v) is 6.26. The van der Waals surface area contributed by atoms with E-state index in [0.717, 1.165) is 21.9 Å². The Morgan fingerprint density at radius 3 is 2.43 bits per heavy atom. The van der Waals surface area contributed by atoms with Gasteiger partial charge >= 0.3 is 0 Å². The van der Waals surface area contributed by atoms with Crippen molar-refractivity contribution in [3.63, 3.8) is 0 Å². The van der Waals surface area contributed by atoms with Crippen LogP contribution in [0.1, 0.15) is 40.2 Å². The van der Waals surface area contributed by atoms with Gasteiger partial charge in [-0.05, 0) is 42.6 Å². The number of methoxy groups -OCH3 is 1. The van der Waals surface area contributed by atoms with Crippen molar-refractivity contribution in [3.8, 4) is 17.0 Å². The van der Waals surface area contributed by atoms with Gasteiger partial charge in [0.05, 0.1) is 17.7 Å². The summed E-state index contributed by atoms with van der Waals surface area (Å²) in [7, 11) is 1.61. The zero-order valence-corrected chi connectivity index (χ0v) is 18.4. The van der Waals surface area contributed by atoms with Gasteiger partial charge in [-0.3, -0.25) is 14.4 Å². The highest BCUT2D eigenvalue weighted by atomic mass is 32.1. The number of hydrogen-bond acceptors (Lipinski definition) is 7. The highest BCUT2D eigenvalue weighted by Gasteiger charge is 2.14. The number of nitrogens with zero attached hydrogens (tertiary/aromatic N) is 1. The number of hydrogen-bond donors (Lipinski definition) is 1. The molecule has 156 valence electrons. The zero-order chi connectivity index (χ0) is 21.5. The number of aryl methyl sites for hydroxylation is 1. The van der Waals surface area contributed by atoms with Crippen LogP contribution in [0.2, 0.25) is 0 Å². The summed E-state index contributed by atoms with van der Waals surface area (Å²) in [6.07, 6.45) is 0.515. The number of benzene rings is 1. The fourth-order valence-corrected chi connectivity index (χ4v) is 4.39. The predicted octanol–water partition coefficient (Wildman–Crippen LogP) is 5.14. The van der Waals surface area contributed by atoms with E-state index in [1.807, 2.05) is 42.6 Å². The molecule has 8 heteroatoms. The molecule has 0 aliphatic rings. The second-order valence-electron chi connectivity index (χ2n) is 6.64. The molecule has 0 unspecified atom stereocenters. The lowest BCUT2D eigenvalue weighted by atomic mass is 10.1. The summed E-state index contributed by atoms with van der Waals surface area (Å²) in [4.78, 5) is 42.3. The van der Waals surface area contributed by atoms with E-state index in [0.29, 0.717) is 10.0 Å². The second kappa shape index (κ2) is 10.3. The summed E-state index contributed by atoms with van der Waals surface area (Å²) in [5.74, 6) is 0.376. The van der Waals surface area contributed by atoms with Crippen molar-refractivity contribution in [2.24, 2.45) is 0 Å². The zero-order valence-electron chi connectivity index (χ0n) is 16.8. The fourth-order valence-electron chi connectivity index (χ4n) is 2.84. The van der Waals surface area contributed by atoms with Crippen LogP contribution in [0.25, 0.3) is 11.3 Å². The number of Topliss-reactive ketones (excluding diaryl/α,β-unsaturated/α-hetero) is 2. The first-order valence-corrected chi connectivity index (χ1v) is 11.2. The highest BCUT2D eigenvalue weighted by Crippen LogP contribution is 2.31. The number of anilines is 1. The number of amides is 1. The molecule has 0 radical (unpaired) electrons. The van der Waals surface area contributed by atoms with Crippen LogP contribution < -0.4 is 10.1 Å². The van der Waals surface area contributed by atoms with Crippen molar-refractivity contribution in [2.45, 2.75) is 32.6 Å². The summed E-state index contributed by atoms with van der Waals surface area (Å²) in [6, 6.07) is 11.1. The average Bonchev–Trinajstić information content (AvgIpc) is 3.40. The normalized spacial score (nSPS) is 10.6. The second-order valence-corrected chi connectivity index (χ2v) is 8.79. The molecule has 0 aliphatic heterocycles. The summed E-state index contributed by atoms with van der Waals surface area (Å²) in [6.45, 7) is 1.95. The smallest absolute Gasteiger partial charge is 0.226 e. The van der Waals surface area contributed by atoms with E-state index in [1.165, 1.54) is 22.7 Å². The van der Waals surface area contributed by atoms with Crippen molar-refractivity contribution in [2.75, 3.05) is 12.4 Å². The SMILES string of the molecule is COc1ccc(-c2nc(NC(=O)CCC(=O)CCC(=O)c3cccs3)sc2C)cc1. The first-order chi connectivity index (χ1) is 14.5. The van der Waals surface area contributed by atoms with Gasteiger partial charge in [-0.2, -0.15) is 0 Å². The summed E-state index contributed by atoms with van der Waals surface area (Å²) >= 11 is 2.76. The van der Waals surface area contributed by atoms with Gasteiger partial charge < -0.3 is 10.1 Å². The Bertz CT molecular complexity index is 1020. The number of thiazole rings is 1. The Balaban J connectivity index is 1.47. The molecule has 2 aromatic heterocycles. The van der Waals surface area contributed by atoms with Gasteiger partial charge in [0.1, 0.15) is 11.5 Å². The van der Waals surface area contributed by atoms with E-state index in [1.54, 1.807) is 13.2 Å². The molecule has 2 heterocycles. The minimum Gasteiger partial charge on any atom is -0.497 e. The van der Waals surface area contributed by atoms with E-state index in [9.17, 15) is 14.4 Å². The Hall–Kier alpha value is -2.84. The van der Waals surface area contributed by atoms with Crippen LogP contribution in [-0.4, -0.2) is 29.6 Å². The minimum absolute atomic E-state index is 0.0351. The van der Waals surface area contributed by atoms with Gasteiger partial charge in [-0.15, -0.1) is 22.7 Å². The Labute approximate surface area is 182 Å². The van der Waals surface area contributed by atoms with E-state index < -0.39 is 0 Å². The third-order valence-electron chi connectivity index (χ3n) is 4.46. The number of nitrogens with one attached hydrogen (secondary N) is 1. The molecule has 30 heavy (non-hydrogen) atoms. The van der Waals surface area contributed by atoms with Crippen LogP contribution in [0.15, 0.2) is 41.8 Å². The van der Waals surface area contributed by atoms with Crippen LogP contribution in [0, 0.1) is 6.92 Å². The lowest BCUT2D eigenvalue weighted by molar-refractivity contribution is -0.122. The molecule has 3 rings (SSSR count). The first kappa shape index (κ1) is 21.9. The highest BCUT2D eigenvalue weighted by molar-refractivity contribution is 7.16. The van der Waals surface area contributed by atoms with Crippen LogP contribution >= 0.6 is 22.7 Å². The van der Waals surface area contributed by atoms with Crippen molar-refractivity contribution in [1.82, 2.24) is 4.98 Å². The van der Waals surface area contributed by atoms with Crippen LogP contribution in [0.3, 0.4) is 0 Å². The molecule has 0 aliphatic carbocycles. The molecular formula is C22H22N2O4S2. The molecule has 1 N–H and O–H groups in total. The predicted molar refractivity (Wildman–Crippen MR) is 120 cm³/mol. The lowest BCUT2D eigenvalue weighted by Crippen LogP contribution is -2.13. The van der Waals surface area contributed by atoms with E-state index in [4.69, 9.17) is 4.74 Å². The summed E-state index contributed by atoms with van der Waals surface area (Å²) in [5, 5.41) is 5.10. The van der Waals surface area contributed by atoms with Gasteiger partial charge in [0.25, 0.3) is 0 Å². The minimum atomic E-state index is -0.261. The van der Waals surface area contributed by atoms with Crippen LogP contribution in [0.4, 0.5) is 5.13 Å². The van der Waals surface area contributed by atoms with Crippen LogP contribution in [-0.2, 0) is 9.59 Å². The Kier molecular flexibility index (Phi) is 7.48. The molecule has 1 amide bonds. The molecule has 0 saturated heterocycles. The Morgan fingerprint density at radius 2 is 1.77 bits per heavy atom. The van der Waals surface area contributed by atoms with Crippen molar-refractivity contribution in [3.05, 3.63) is 51.5 Å². The average molecular weight is 443 g/mol. The summed E-state index contributed by atoms with van der Waals surface area (Å²) < 4.78 is 5.17. The standard InChI is InChI=1S/C22H22N2O4S2/c1-14-21(15-5-9-17(28-2)10-6-15)24-22(30-14)23-20(27)12-8-16(25)7-11-18(26)19-4-3-13-29-19/h3-6,9-10,13H,7-8,11-12H2,1-2H3,(H,23,24,27). The largest absolute Gasteiger partial charge is 0.497 e. The molecule has 0 saturated carbocycles. The number of carbonyl (C=O) groups is 3. The van der Waals surface area contributed by atoms with E-state index >= 15 is 0 Å². The molecular weight excluding hydrogens is 420 g/mol. The first-order valence-electron chi connectivity index (χ1n) is 9.46. The van der Waals surface area contributed by atoms with Gasteiger partial charge in [0, 0.05) is 36.1 Å². The van der Waals surface area contributed by atoms with Crippen molar-refractivity contribution < 1.29 is 19.1 Å². The van der Waals surface area contributed by atoms with E-state index in [-0.39, 0.29) is 43.2 Å². The molecule has 6 nitrogen and oxygen atoms in total. The van der Waals surface area contributed by atoms with Crippen LogP contribution in [0.5, 0.6) is 5.75 Å². The lowest BCUT2D eigenvalue weighted by Gasteiger charge is -2.02. The van der Waals surface area contributed by atoms with Gasteiger partial charge in [-0.25, -0.2) is 4.98 Å². The van der Waals surface area contributed by atoms with Gasteiger partial charge in [0.2, 0.25) is 5.91 Å². The number of ketones is 2. The monoisotopic (exact) mass is 442 g/mol. The molecule has 0 atom stereocenters. The van der Waals surface area contributed by atoms with Crippen molar-refractivity contribution in [1.29, 1.82) is 0 Å². The molecule has 3 aromatic rings. The van der Waals surface area contributed by atoms with Gasteiger partial charge in [0.15, 0.2) is 10.9 Å². The topological polar surface area (TPSA) is 85.4 Å². The summed E-state index contributed by atoms with van der Waals surface area (Å²) in [5.41, 5.74) is 1.75. The number of ether oxygens (including phenoxy) is 1. The number of carbonyl (C=O) groups excluding carboxylic acids is 3. The maximum absolute atomic E-state index is 12.2. The number of rotatable bonds is 10. The van der Waals surface area contributed by atoms with Crippen molar-refractivity contribution >= 4 is 45.3 Å². The quantitative estimate of drug-likeness (QED) is 0.440.